The monoisotopic (exact) mass is 414 g/mol. The van der Waals surface area contributed by atoms with Gasteiger partial charge >= 0.3 is 0 Å². The maximum Gasteiger partial charge on any atom is 0.238 e. The van der Waals surface area contributed by atoms with Gasteiger partial charge in [0, 0.05) is 22.9 Å². The lowest BCUT2D eigenvalue weighted by Crippen LogP contribution is -1.86. The number of aromatic hydroxyl groups is 1. The molecule has 0 spiro atoms. The summed E-state index contributed by atoms with van der Waals surface area (Å²) in [5.41, 5.74) is 3.36. The van der Waals surface area contributed by atoms with Crippen molar-refractivity contribution in [2.75, 3.05) is 0 Å². The van der Waals surface area contributed by atoms with Crippen molar-refractivity contribution in [2.45, 2.75) is 0 Å². The molecule has 0 radical (unpaired) electrons. The van der Waals surface area contributed by atoms with Crippen molar-refractivity contribution in [2.24, 2.45) is 4.99 Å². The van der Waals surface area contributed by atoms with Crippen LogP contribution in [0.2, 0.25) is 0 Å². The van der Waals surface area contributed by atoms with Gasteiger partial charge in [0.2, 0.25) is 5.88 Å². The fourth-order valence-corrected chi connectivity index (χ4v) is 3.83. The van der Waals surface area contributed by atoms with Crippen molar-refractivity contribution in [3.63, 3.8) is 0 Å². The second-order valence-corrected chi connectivity index (χ2v) is 7.31. The predicted octanol–water partition coefficient (Wildman–Crippen LogP) is 7.09. The van der Waals surface area contributed by atoms with E-state index in [-0.39, 0.29) is 11.6 Å². The van der Waals surface area contributed by atoms with Crippen molar-refractivity contribution in [3.8, 4) is 34.3 Å². The Kier molecular flexibility index (Phi) is 4.99. The van der Waals surface area contributed by atoms with Crippen LogP contribution in [-0.4, -0.2) is 11.3 Å². The van der Waals surface area contributed by atoms with Gasteiger partial charge in [0.15, 0.2) is 0 Å². The Morgan fingerprint density at radius 3 is 2.16 bits per heavy atom. The highest BCUT2D eigenvalue weighted by Gasteiger charge is 2.22. The van der Waals surface area contributed by atoms with E-state index in [9.17, 15) is 10.4 Å². The Morgan fingerprint density at radius 1 is 0.781 bits per heavy atom. The summed E-state index contributed by atoms with van der Waals surface area (Å²) in [7, 11) is 0. The first-order valence-corrected chi connectivity index (χ1v) is 10.2. The largest absolute Gasteiger partial charge is 0.507 e. The Morgan fingerprint density at radius 2 is 1.44 bits per heavy atom. The predicted molar refractivity (Wildman–Crippen MR) is 127 cm³/mol. The minimum absolute atomic E-state index is 0.115. The normalized spacial score (nSPS) is 11.1. The topological polar surface area (TPSA) is 69.5 Å². The highest BCUT2D eigenvalue weighted by atomic mass is 16.4. The third-order valence-corrected chi connectivity index (χ3v) is 5.36. The Hall–Kier alpha value is -4.62. The number of fused-ring (bicyclic) bond motifs is 1. The molecule has 0 fully saturated rings. The quantitative estimate of drug-likeness (QED) is 0.319. The van der Waals surface area contributed by atoms with Crippen molar-refractivity contribution in [1.29, 1.82) is 5.26 Å². The number of phenolic OH excluding ortho intramolecular Hbond substituents is 1. The minimum Gasteiger partial charge on any atom is -0.507 e. The van der Waals surface area contributed by atoms with Crippen LogP contribution in [0.15, 0.2) is 106 Å². The number of rotatable bonds is 4. The van der Waals surface area contributed by atoms with E-state index in [1.807, 2.05) is 91.0 Å². The molecule has 4 aromatic carbocycles. The molecular weight excluding hydrogens is 396 g/mol. The van der Waals surface area contributed by atoms with Crippen LogP contribution in [0.3, 0.4) is 0 Å². The minimum atomic E-state index is 0.115. The van der Waals surface area contributed by atoms with E-state index in [0.717, 1.165) is 21.9 Å². The van der Waals surface area contributed by atoms with Gasteiger partial charge in [-0.25, -0.2) is 4.99 Å². The molecule has 32 heavy (non-hydrogen) atoms. The van der Waals surface area contributed by atoms with Crippen LogP contribution in [0, 0.1) is 11.3 Å². The highest BCUT2D eigenvalue weighted by molar-refractivity contribution is 6.03. The maximum absolute atomic E-state index is 10.4. The van der Waals surface area contributed by atoms with Gasteiger partial charge in [-0.1, -0.05) is 91.0 Å². The first kappa shape index (κ1) is 19.3. The second-order valence-electron chi connectivity index (χ2n) is 7.31. The van der Waals surface area contributed by atoms with E-state index >= 15 is 0 Å². The Bertz CT molecular complexity index is 1480. The van der Waals surface area contributed by atoms with Crippen molar-refractivity contribution < 1.29 is 9.52 Å². The lowest BCUT2D eigenvalue weighted by Gasteiger charge is -2.04. The molecule has 1 heterocycles. The molecule has 0 amide bonds. The van der Waals surface area contributed by atoms with E-state index in [4.69, 9.17) is 4.42 Å². The lowest BCUT2D eigenvalue weighted by molar-refractivity contribution is 0.475. The van der Waals surface area contributed by atoms with Gasteiger partial charge < -0.3 is 9.52 Å². The summed E-state index contributed by atoms with van der Waals surface area (Å²) in [5, 5.41) is 22.3. The van der Waals surface area contributed by atoms with Crippen LogP contribution >= 0.6 is 0 Å². The summed E-state index contributed by atoms with van der Waals surface area (Å²) in [6.07, 6.45) is 1.56. The highest BCUT2D eigenvalue weighted by Crippen LogP contribution is 2.42. The number of phenols is 1. The summed E-state index contributed by atoms with van der Waals surface area (Å²) in [4.78, 5) is 4.52. The molecule has 0 bridgehead atoms. The van der Waals surface area contributed by atoms with E-state index in [2.05, 4.69) is 11.1 Å². The number of benzene rings is 4. The average molecular weight is 414 g/mol. The molecule has 0 atom stereocenters. The number of hydrogen-bond donors (Lipinski definition) is 1. The summed E-state index contributed by atoms with van der Waals surface area (Å²) in [5.74, 6) is 0.907. The van der Waals surface area contributed by atoms with E-state index < -0.39 is 0 Å². The van der Waals surface area contributed by atoms with Crippen LogP contribution in [0.4, 0.5) is 5.88 Å². The average Bonchev–Trinajstić information content (AvgIpc) is 3.23. The Balaban J connectivity index is 1.71. The third-order valence-electron chi connectivity index (χ3n) is 5.36. The van der Waals surface area contributed by atoms with Crippen molar-refractivity contribution in [3.05, 3.63) is 108 Å². The molecule has 152 valence electrons. The zero-order valence-corrected chi connectivity index (χ0v) is 17.1. The number of nitriles is 1. The zero-order chi connectivity index (χ0) is 21.9. The second kappa shape index (κ2) is 8.25. The molecule has 0 saturated heterocycles. The first-order chi connectivity index (χ1) is 15.8. The van der Waals surface area contributed by atoms with Crippen molar-refractivity contribution in [1.82, 2.24) is 0 Å². The standard InChI is InChI=1S/C28H18N2O2/c29-17-23-26(20-10-3-1-4-11-20)27(21-12-5-2-6-13-21)32-28(23)30-18-24-22-14-8-7-9-19(22)15-16-25(24)31/h1-16,18,31H. The summed E-state index contributed by atoms with van der Waals surface area (Å²) >= 11 is 0. The summed E-state index contributed by atoms with van der Waals surface area (Å²) < 4.78 is 6.15. The van der Waals surface area contributed by atoms with Crippen LogP contribution < -0.4 is 0 Å². The first-order valence-electron chi connectivity index (χ1n) is 10.2. The molecule has 0 aliphatic carbocycles. The molecule has 0 aliphatic heterocycles. The third kappa shape index (κ3) is 3.42. The maximum atomic E-state index is 10.4. The SMILES string of the molecule is N#Cc1c(N=Cc2c(O)ccc3ccccc23)oc(-c2ccccc2)c1-c1ccccc1. The van der Waals surface area contributed by atoms with Crippen LogP contribution in [0.5, 0.6) is 5.75 Å². The molecule has 5 aromatic rings. The molecule has 0 saturated carbocycles. The zero-order valence-electron chi connectivity index (χ0n) is 17.1. The van der Waals surface area contributed by atoms with Gasteiger partial charge in [-0.3, -0.25) is 0 Å². The fourth-order valence-electron chi connectivity index (χ4n) is 3.83. The van der Waals surface area contributed by atoms with Gasteiger partial charge in [-0.15, -0.1) is 0 Å². The molecule has 1 N–H and O–H groups in total. The summed E-state index contributed by atoms with van der Waals surface area (Å²) in [6.45, 7) is 0. The van der Waals surface area contributed by atoms with Gasteiger partial charge in [-0.2, -0.15) is 5.26 Å². The number of hydrogen-bond acceptors (Lipinski definition) is 4. The molecule has 4 nitrogen and oxygen atoms in total. The smallest absolute Gasteiger partial charge is 0.238 e. The molecular formula is C28H18N2O2. The molecule has 0 unspecified atom stereocenters. The van der Waals surface area contributed by atoms with E-state index in [0.29, 0.717) is 22.5 Å². The number of furan rings is 1. The van der Waals surface area contributed by atoms with Crippen molar-refractivity contribution >= 4 is 22.9 Å². The van der Waals surface area contributed by atoms with E-state index in [1.165, 1.54) is 0 Å². The Labute approximate surface area is 185 Å². The van der Waals surface area contributed by atoms with Gasteiger partial charge in [-0.05, 0) is 22.4 Å². The number of aliphatic imine (C=N–C) groups is 1. The molecule has 0 aliphatic rings. The van der Waals surface area contributed by atoms with Crippen LogP contribution in [-0.2, 0) is 0 Å². The fraction of sp³-hybridized carbons (Fsp3) is 0. The van der Waals surface area contributed by atoms with Gasteiger partial charge in [0.05, 0.1) is 0 Å². The van der Waals surface area contributed by atoms with Gasteiger partial charge in [0.1, 0.15) is 23.1 Å². The van der Waals surface area contributed by atoms with Crippen LogP contribution in [0.1, 0.15) is 11.1 Å². The molecule has 5 rings (SSSR count). The molecule has 1 aromatic heterocycles. The molecule has 4 heteroatoms. The lowest BCUT2D eigenvalue weighted by atomic mass is 9.98. The number of nitrogens with zero attached hydrogens (tertiary/aromatic N) is 2. The summed E-state index contributed by atoms with van der Waals surface area (Å²) in [6, 6.07) is 32.9. The van der Waals surface area contributed by atoms with Crippen LogP contribution in [0.25, 0.3) is 33.2 Å². The van der Waals surface area contributed by atoms with E-state index in [1.54, 1.807) is 12.3 Å². The van der Waals surface area contributed by atoms with Gasteiger partial charge in [0.25, 0.3) is 0 Å².